The fourth-order valence-electron chi connectivity index (χ4n) is 1.12. The average Bonchev–Trinajstić information content (AvgIpc) is 2.09. The first-order valence-electron chi connectivity index (χ1n) is 4.12. The highest BCUT2D eigenvalue weighted by atomic mass is 16.3. The molecule has 0 unspecified atom stereocenters. The Labute approximate surface area is 78.8 Å². The minimum atomic E-state index is 0.295. The molecule has 1 N–H and O–H groups in total. The van der Waals surface area contributed by atoms with Crippen molar-refractivity contribution in [3.05, 3.63) is 29.8 Å². The number of nitrogens with zero attached hydrogens (tertiary/aromatic N) is 1. The summed E-state index contributed by atoms with van der Waals surface area (Å²) in [6.45, 7) is 1.45. The summed E-state index contributed by atoms with van der Waals surface area (Å²) in [7, 11) is 1.96. The summed E-state index contributed by atoms with van der Waals surface area (Å²) < 4.78 is 0. The van der Waals surface area contributed by atoms with Crippen LogP contribution in [0.2, 0.25) is 0 Å². The molecule has 0 spiro atoms. The lowest BCUT2D eigenvalue weighted by Crippen LogP contribution is -2.17. The predicted molar refractivity (Wildman–Crippen MR) is 53.3 cm³/mol. The van der Waals surface area contributed by atoms with E-state index in [1.54, 1.807) is 12.1 Å². The second-order valence-electron chi connectivity index (χ2n) is 3.04. The van der Waals surface area contributed by atoms with Gasteiger partial charge in [-0.1, -0.05) is 18.1 Å². The molecule has 0 heterocycles. The summed E-state index contributed by atoms with van der Waals surface area (Å²) in [4.78, 5) is 2.03. The van der Waals surface area contributed by atoms with Gasteiger partial charge in [-0.05, 0) is 24.7 Å². The van der Waals surface area contributed by atoms with Crippen LogP contribution in [0.15, 0.2) is 24.3 Å². The first-order valence-corrected chi connectivity index (χ1v) is 4.12. The van der Waals surface area contributed by atoms with E-state index in [0.717, 1.165) is 12.1 Å². The third-order valence-corrected chi connectivity index (χ3v) is 1.75. The Morgan fingerprint density at radius 3 is 2.54 bits per heavy atom. The molecule has 1 aromatic carbocycles. The van der Waals surface area contributed by atoms with Crippen molar-refractivity contribution in [2.24, 2.45) is 0 Å². The Morgan fingerprint density at radius 1 is 1.38 bits per heavy atom. The maximum Gasteiger partial charge on any atom is 0.115 e. The van der Waals surface area contributed by atoms with Crippen molar-refractivity contribution in [1.82, 2.24) is 4.90 Å². The molecule has 0 aliphatic heterocycles. The van der Waals surface area contributed by atoms with Crippen LogP contribution in [-0.2, 0) is 6.54 Å². The van der Waals surface area contributed by atoms with Gasteiger partial charge in [0.1, 0.15) is 5.75 Å². The van der Waals surface area contributed by atoms with Gasteiger partial charge in [0.15, 0.2) is 0 Å². The lowest BCUT2D eigenvalue weighted by Gasteiger charge is -2.12. The molecule has 0 aromatic heterocycles. The first-order chi connectivity index (χ1) is 6.22. The van der Waals surface area contributed by atoms with E-state index in [9.17, 15) is 0 Å². The molecule has 0 atom stereocenters. The number of hydrogen-bond donors (Lipinski definition) is 1. The minimum Gasteiger partial charge on any atom is -0.508 e. The SMILES string of the molecule is C#CCN(C)Cc1ccc(O)cc1. The van der Waals surface area contributed by atoms with E-state index in [0.29, 0.717) is 12.3 Å². The van der Waals surface area contributed by atoms with Gasteiger partial charge in [-0.3, -0.25) is 4.90 Å². The van der Waals surface area contributed by atoms with Crippen LogP contribution in [0.5, 0.6) is 5.75 Å². The van der Waals surface area contributed by atoms with E-state index < -0.39 is 0 Å². The van der Waals surface area contributed by atoms with Gasteiger partial charge in [0.05, 0.1) is 6.54 Å². The lowest BCUT2D eigenvalue weighted by atomic mass is 10.2. The quantitative estimate of drug-likeness (QED) is 0.703. The molecule has 1 aromatic rings. The molecule has 0 bridgehead atoms. The van der Waals surface area contributed by atoms with Crippen LogP contribution < -0.4 is 0 Å². The monoisotopic (exact) mass is 175 g/mol. The third-order valence-electron chi connectivity index (χ3n) is 1.75. The van der Waals surface area contributed by atoms with Gasteiger partial charge in [-0.15, -0.1) is 6.42 Å². The molecule has 1 rings (SSSR count). The van der Waals surface area contributed by atoms with Crippen molar-refractivity contribution < 1.29 is 5.11 Å². The van der Waals surface area contributed by atoms with Crippen LogP contribution in [0, 0.1) is 12.3 Å². The summed E-state index contributed by atoms with van der Waals surface area (Å²) in [5.41, 5.74) is 1.15. The van der Waals surface area contributed by atoms with Crippen LogP contribution in [-0.4, -0.2) is 23.6 Å². The number of phenols is 1. The van der Waals surface area contributed by atoms with Crippen molar-refractivity contribution in [2.75, 3.05) is 13.6 Å². The predicted octanol–water partition coefficient (Wildman–Crippen LogP) is 1.46. The van der Waals surface area contributed by atoms with E-state index in [1.807, 2.05) is 24.1 Å². The number of benzene rings is 1. The molecule has 0 radical (unpaired) electrons. The zero-order valence-corrected chi connectivity index (χ0v) is 7.70. The maximum atomic E-state index is 9.05. The number of rotatable bonds is 3. The van der Waals surface area contributed by atoms with Crippen LogP contribution in [0.3, 0.4) is 0 Å². The van der Waals surface area contributed by atoms with Crippen molar-refractivity contribution in [3.8, 4) is 18.1 Å². The number of terminal acetylenes is 1. The van der Waals surface area contributed by atoms with Gasteiger partial charge in [-0.2, -0.15) is 0 Å². The lowest BCUT2D eigenvalue weighted by molar-refractivity contribution is 0.369. The van der Waals surface area contributed by atoms with Crippen LogP contribution in [0.25, 0.3) is 0 Å². The number of phenolic OH excluding ortho intramolecular Hbond substituents is 1. The number of aromatic hydroxyl groups is 1. The molecular formula is C11H13NO. The van der Waals surface area contributed by atoms with Crippen molar-refractivity contribution in [2.45, 2.75) is 6.54 Å². The topological polar surface area (TPSA) is 23.5 Å². The second kappa shape index (κ2) is 4.54. The molecule has 0 aliphatic rings. The van der Waals surface area contributed by atoms with E-state index in [-0.39, 0.29) is 0 Å². The highest BCUT2D eigenvalue weighted by Gasteiger charge is 1.97. The fraction of sp³-hybridized carbons (Fsp3) is 0.273. The van der Waals surface area contributed by atoms with Crippen molar-refractivity contribution >= 4 is 0 Å². The third kappa shape index (κ3) is 3.18. The molecule has 0 amide bonds. The number of hydrogen-bond acceptors (Lipinski definition) is 2. The van der Waals surface area contributed by atoms with E-state index in [4.69, 9.17) is 11.5 Å². The van der Waals surface area contributed by atoms with Crippen molar-refractivity contribution in [1.29, 1.82) is 0 Å². The van der Waals surface area contributed by atoms with Gasteiger partial charge >= 0.3 is 0 Å². The summed E-state index contributed by atoms with van der Waals surface area (Å²) in [5.74, 6) is 2.87. The van der Waals surface area contributed by atoms with Crippen LogP contribution in [0.4, 0.5) is 0 Å². The van der Waals surface area contributed by atoms with E-state index in [1.165, 1.54) is 0 Å². The first kappa shape index (κ1) is 9.63. The Kier molecular flexibility index (Phi) is 3.36. The largest absolute Gasteiger partial charge is 0.508 e. The Hall–Kier alpha value is -1.46. The van der Waals surface area contributed by atoms with Gasteiger partial charge in [0.25, 0.3) is 0 Å². The highest BCUT2D eigenvalue weighted by Crippen LogP contribution is 2.10. The normalized spacial score (nSPS) is 9.92. The van der Waals surface area contributed by atoms with Crippen LogP contribution >= 0.6 is 0 Å². The minimum absolute atomic E-state index is 0.295. The van der Waals surface area contributed by atoms with Gasteiger partial charge in [0.2, 0.25) is 0 Å². The summed E-state index contributed by atoms with van der Waals surface area (Å²) in [6.07, 6.45) is 5.18. The molecule has 0 saturated heterocycles. The standard InChI is InChI=1S/C11H13NO/c1-3-8-12(2)9-10-4-6-11(13)7-5-10/h1,4-7,13H,8-9H2,2H3. The molecule has 2 heteroatoms. The Bertz CT molecular complexity index is 297. The van der Waals surface area contributed by atoms with Gasteiger partial charge in [0, 0.05) is 6.54 Å². The summed E-state index contributed by atoms with van der Waals surface area (Å²) in [5, 5.41) is 9.05. The smallest absolute Gasteiger partial charge is 0.115 e. The second-order valence-corrected chi connectivity index (χ2v) is 3.04. The molecule has 13 heavy (non-hydrogen) atoms. The van der Waals surface area contributed by atoms with E-state index in [2.05, 4.69) is 5.92 Å². The zero-order valence-electron chi connectivity index (χ0n) is 7.70. The average molecular weight is 175 g/mol. The molecule has 0 aliphatic carbocycles. The summed E-state index contributed by atoms with van der Waals surface area (Å²) in [6, 6.07) is 7.14. The van der Waals surface area contributed by atoms with Crippen LogP contribution in [0.1, 0.15) is 5.56 Å². The summed E-state index contributed by atoms with van der Waals surface area (Å²) >= 11 is 0. The molecule has 2 nitrogen and oxygen atoms in total. The van der Waals surface area contributed by atoms with Gasteiger partial charge in [-0.25, -0.2) is 0 Å². The highest BCUT2D eigenvalue weighted by molar-refractivity contribution is 5.25. The van der Waals surface area contributed by atoms with Gasteiger partial charge < -0.3 is 5.11 Å². The maximum absolute atomic E-state index is 9.05. The zero-order chi connectivity index (χ0) is 9.68. The molecule has 68 valence electrons. The van der Waals surface area contributed by atoms with E-state index >= 15 is 0 Å². The molecule has 0 fully saturated rings. The fourth-order valence-corrected chi connectivity index (χ4v) is 1.12. The Balaban J connectivity index is 2.55. The van der Waals surface area contributed by atoms with Crippen molar-refractivity contribution in [3.63, 3.8) is 0 Å². The Morgan fingerprint density at radius 2 is 2.00 bits per heavy atom. The molecular weight excluding hydrogens is 162 g/mol. The molecule has 0 saturated carbocycles.